The highest BCUT2D eigenvalue weighted by molar-refractivity contribution is 7.91. The lowest BCUT2D eigenvalue weighted by Gasteiger charge is -2.10. The fourth-order valence-corrected chi connectivity index (χ4v) is 2.20. The number of hydrogen-bond acceptors (Lipinski definition) is 4. The van der Waals surface area contributed by atoms with Crippen LogP contribution >= 0.6 is 0 Å². The quantitative estimate of drug-likeness (QED) is 0.662. The number of hydrogen-bond donors (Lipinski definition) is 1. The van der Waals surface area contributed by atoms with E-state index in [4.69, 9.17) is 0 Å². The summed E-state index contributed by atoms with van der Waals surface area (Å²) in [5.41, 5.74) is 0. The van der Waals surface area contributed by atoms with Crippen LogP contribution in [0.5, 0.6) is 0 Å². The van der Waals surface area contributed by atoms with Crippen LogP contribution in [0.15, 0.2) is 0 Å². The minimum Gasteiger partial charge on any atom is -0.316 e. The smallest absolute Gasteiger partial charge is 0.150 e. The molecule has 0 aromatic rings. The van der Waals surface area contributed by atoms with Crippen LogP contribution in [0, 0.1) is 5.92 Å². The molecule has 0 aromatic heterocycles. The SMILES string of the molecule is CCNCC(C)C(=O)CCCS(=O)(=O)CC. The van der Waals surface area contributed by atoms with E-state index in [-0.39, 0.29) is 23.2 Å². The molecule has 0 fully saturated rings. The van der Waals surface area contributed by atoms with E-state index in [0.717, 1.165) is 6.54 Å². The van der Waals surface area contributed by atoms with Crippen molar-refractivity contribution in [2.24, 2.45) is 5.92 Å². The molecule has 0 heterocycles. The van der Waals surface area contributed by atoms with Crippen molar-refractivity contribution in [2.45, 2.75) is 33.6 Å². The van der Waals surface area contributed by atoms with Crippen LogP contribution in [0.3, 0.4) is 0 Å². The first-order valence-electron chi connectivity index (χ1n) is 5.86. The highest BCUT2D eigenvalue weighted by atomic mass is 32.2. The van der Waals surface area contributed by atoms with Gasteiger partial charge in [0.1, 0.15) is 15.6 Å². The molecule has 0 rings (SSSR count). The molecule has 0 spiro atoms. The minimum absolute atomic E-state index is 0.0238. The van der Waals surface area contributed by atoms with Crippen LogP contribution < -0.4 is 5.32 Å². The maximum atomic E-state index is 11.6. The van der Waals surface area contributed by atoms with Crippen molar-refractivity contribution in [3.63, 3.8) is 0 Å². The molecule has 0 amide bonds. The van der Waals surface area contributed by atoms with Crippen molar-refractivity contribution < 1.29 is 13.2 Å². The molecule has 0 saturated heterocycles. The Balaban J connectivity index is 3.81. The summed E-state index contributed by atoms with van der Waals surface area (Å²) in [6.07, 6.45) is 0.817. The van der Waals surface area contributed by atoms with E-state index in [1.807, 2.05) is 13.8 Å². The van der Waals surface area contributed by atoms with Crippen LogP contribution in [0.4, 0.5) is 0 Å². The molecular weight excluding hydrogens is 226 g/mol. The van der Waals surface area contributed by atoms with E-state index < -0.39 is 9.84 Å². The standard InChI is InChI=1S/C11H23NO3S/c1-4-12-9-10(3)11(13)7-6-8-16(14,15)5-2/h10,12H,4-9H2,1-3H3. The Bertz CT molecular complexity index is 298. The molecule has 1 unspecified atom stereocenters. The lowest BCUT2D eigenvalue weighted by atomic mass is 10.0. The summed E-state index contributed by atoms with van der Waals surface area (Å²) in [6.45, 7) is 7.02. The van der Waals surface area contributed by atoms with E-state index in [1.54, 1.807) is 6.92 Å². The van der Waals surface area contributed by atoms with Crippen molar-refractivity contribution in [3.8, 4) is 0 Å². The van der Waals surface area contributed by atoms with Gasteiger partial charge in [-0.05, 0) is 13.0 Å². The van der Waals surface area contributed by atoms with Crippen molar-refractivity contribution in [3.05, 3.63) is 0 Å². The summed E-state index contributed by atoms with van der Waals surface area (Å²) in [6, 6.07) is 0. The predicted octanol–water partition coefficient (Wildman–Crippen LogP) is 1.02. The lowest BCUT2D eigenvalue weighted by Crippen LogP contribution is -2.26. The van der Waals surface area contributed by atoms with Crippen molar-refractivity contribution in [1.82, 2.24) is 5.32 Å². The monoisotopic (exact) mass is 249 g/mol. The molecular formula is C11H23NO3S. The van der Waals surface area contributed by atoms with Crippen LogP contribution in [0.25, 0.3) is 0 Å². The molecule has 96 valence electrons. The van der Waals surface area contributed by atoms with Gasteiger partial charge in [0.15, 0.2) is 0 Å². The van der Waals surface area contributed by atoms with Crippen LogP contribution in [-0.4, -0.2) is 38.8 Å². The largest absolute Gasteiger partial charge is 0.316 e. The summed E-state index contributed by atoms with van der Waals surface area (Å²) in [4.78, 5) is 11.6. The first-order chi connectivity index (χ1) is 7.43. The van der Waals surface area contributed by atoms with E-state index in [9.17, 15) is 13.2 Å². The first kappa shape index (κ1) is 15.6. The van der Waals surface area contributed by atoms with Gasteiger partial charge in [-0.15, -0.1) is 0 Å². The summed E-state index contributed by atoms with van der Waals surface area (Å²) >= 11 is 0. The third-order valence-electron chi connectivity index (χ3n) is 2.57. The third-order valence-corrected chi connectivity index (χ3v) is 4.36. The van der Waals surface area contributed by atoms with Gasteiger partial charge in [0.25, 0.3) is 0 Å². The number of Topliss-reactive ketones (excluding diaryl/α,β-unsaturated/α-hetero) is 1. The Hall–Kier alpha value is -0.420. The molecule has 0 aliphatic carbocycles. The fraction of sp³-hybridized carbons (Fsp3) is 0.909. The normalized spacial score (nSPS) is 13.7. The lowest BCUT2D eigenvalue weighted by molar-refractivity contribution is -0.122. The van der Waals surface area contributed by atoms with Crippen LogP contribution in [0.1, 0.15) is 33.6 Å². The maximum Gasteiger partial charge on any atom is 0.150 e. The topological polar surface area (TPSA) is 63.2 Å². The molecule has 5 heteroatoms. The van der Waals surface area contributed by atoms with Crippen LogP contribution in [-0.2, 0) is 14.6 Å². The first-order valence-corrected chi connectivity index (χ1v) is 7.69. The Kier molecular flexibility index (Phi) is 7.58. The summed E-state index contributed by atoms with van der Waals surface area (Å²) in [5, 5.41) is 3.11. The van der Waals surface area contributed by atoms with E-state index in [1.165, 1.54) is 0 Å². The Labute approximate surface area is 98.7 Å². The van der Waals surface area contributed by atoms with Gasteiger partial charge in [0, 0.05) is 24.6 Å². The predicted molar refractivity (Wildman–Crippen MR) is 66.3 cm³/mol. The fourth-order valence-electron chi connectivity index (χ4n) is 1.33. The second-order valence-corrected chi connectivity index (χ2v) is 6.49. The number of carbonyl (C=O) groups excluding carboxylic acids is 1. The number of ketones is 1. The van der Waals surface area contributed by atoms with Crippen molar-refractivity contribution in [1.29, 1.82) is 0 Å². The zero-order valence-electron chi connectivity index (χ0n) is 10.5. The van der Waals surface area contributed by atoms with Gasteiger partial charge in [-0.2, -0.15) is 0 Å². The van der Waals surface area contributed by atoms with Crippen LogP contribution in [0.2, 0.25) is 0 Å². The summed E-state index contributed by atoms with van der Waals surface area (Å²) in [7, 11) is -2.93. The van der Waals surface area contributed by atoms with Gasteiger partial charge in [-0.25, -0.2) is 8.42 Å². The second-order valence-electron chi connectivity index (χ2n) is 4.01. The van der Waals surface area contributed by atoms with Gasteiger partial charge in [-0.3, -0.25) is 4.79 Å². The third kappa shape index (κ3) is 6.95. The molecule has 16 heavy (non-hydrogen) atoms. The molecule has 0 radical (unpaired) electrons. The zero-order valence-corrected chi connectivity index (χ0v) is 11.3. The molecule has 0 aliphatic heterocycles. The summed E-state index contributed by atoms with van der Waals surface area (Å²) < 4.78 is 22.4. The maximum absolute atomic E-state index is 11.6. The van der Waals surface area contributed by atoms with Gasteiger partial charge < -0.3 is 5.32 Å². The Morgan fingerprint density at radius 3 is 2.44 bits per heavy atom. The molecule has 0 saturated carbocycles. The molecule has 1 atom stereocenters. The van der Waals surface area contributed by atoms with Crippen molar-refractivity contribution in [2.75, 3.05) is 24.6 Å². The van der Waals surface area contributed by atoms with E-state index in [0.29, 0.717) is 19.4 Å². The van der Waals surface area contributed by atoms with Crippen molar-refractivity contribution >= 4 is 15.6 Å². The second kappa shape index (κ2) is 7.79. The number of nitrogens with one attached hydrogen (secondary N) is 1. The summed E-state index contributed by atoms with van der Waals surface area (Å²) in [5.74, 6) is 0.411. The average Bonchev–Trinajstić information content (AvgIpc) is 2.25. The Morgan fingerprint density at radius 1 is 1.31 bits per heavy atom. The zero-order chi connectivity index (χ0) is 12.6. The number of carbonyl (C=O) groups is 1. The highest BCUT2D eigenvalue weighted by Gasteiger charge is 2.14. The molecule has 0 aliphatic rings. The van der Waals surface area contributed by atoms with E-state index >= 15 is 0 Å². The molecule has 4 nitrogen and oxygen atoms in total. The molecule has 0 bridgehead atoms. The van der Waals surface area contributed by atoms with Gasteiger partial charge in [-0.1, -0.05) is 20.8 Å². The average molecular weight is 249 g/mol. The highest BCUT2D eigenvalue weighted by Crippen LogP contribution is 2.04. The van der Waals surface area contributed by atoms with Gasteiger partial charge in [0.05, 0.1) is 5.75 Å². The van der Waals surface area contributed by atoms with E-state index in [2.05, 4.69) is 5.32 Å². The van der Waals surface area contributed by atoms with Gasteiger partial charge in [0.2, 0.25) is 0 Å². The Morgan fingerprint density at radius 2 is 1.94 bits per heavy atom. The minimum atomic E-state index is -2.93. The van der Waals surface area contributed by atoms with Gasteiger partial charge >= 0.3 is 0 Å². The molecule has 0 aromatic carbocycles. The number of rotatable bonds is 9. The molecule has 1 N–H and O–H groups in total. The number of sulfone groups is 1.